The first-order valence-electron chi connectivity index (χ1n) is 19.2. The quantitative estimate of drug-likeness (QED) is 0.0526. The second kappa shape index (κ2) is 15.2. The molecule has 9 rings (SSSR count). The summed E-state index contributed by atoms with van der Waals surface area (Å²) >= 11 is 0. The summed E-state index contributed by atoms with van der Waals surface area (Å²) in [5, 5.41) is 128. The van der Waals surface area contributed by atoms with Gasteiger partial charge in [-0.05, 0) is 30.3 Å². The normalized spacial score (nSPS) is 26.2. The van der Waals surface area contributed by atoms with E-state index in [1.165, 1.54) is 0 Å². The third kappa shape index (κ3) is 6.54. The fraction of sp³-hybridized carbons (Fsp3) is 0.244. The SMILES string of the molecule is O=C1CC2(O)C(=O)OC3C4COC(=O)c5cc(O)c(O)c(O)c5-c5c(cc(O)c(O)c5O)C(=O)OC3C(OC(=O)c3cc(O)c(O)c5c3C2C(O1)C(=O)O5)C(OC(=O)c1cc(O)c(O)c(O)c1)O4. The predicted octanol–water partition coefficient (Wildman–Crippen LogP) is -0.407. The summed E-state index contributed by atoms with van der Waals surface area (Å²) in [6.45, 7) is -1.31. The summed E-state index contributed by atoms with van der Waals surface area (Å²) in [4.78, 5) is 98.0. The number of benzene rings is 4. The summed E-state index contributed by atoms with van der Waals surface area (Å²) in [5.41, 5.74) is -10.4. The van der Waals surface area contributed by atoms with Crippen molar-refractivity contribution >= 4 is 41.8 Å². The van der Waals surface area contributed by atoms with E-state index in [1.807, 2.05) is 0 Å². The molecule has 8 unspecified atom stereocenters. The zero-order chi connectivity index (χ0) is 49.2. The molecule has 0 spiro atoms. The van der Waals surface area contributed by atoms with Crippen molar-refractivity contribution in [2.24, 2.45) is 0 Å². The number of carbonyl (C=O) groups is 7. The van der Waals surface area contributed by atoms with E-state index in [2.05, 4.69) is 0 Å². The summed E-state index contributed by atoms with van der Waals surface area (Å²) in [6.07, 6.45) is -16.1. The van der Waals surface area contributed by atoms with Gasteiger partial charge in [-0.1, -0.05) is 0 Å². The van der Waals surface area contributed by atoms with Gasteiger partial charge >= 0.3 is 41.8 Å². The first-order chi connectivity index (χ1) is 32.0. The van der Waals surface area contributed by atoms with Crippen LogP contribution in [0.15, 0.2) is 30.3 Å². The van der Waals surface area contributed by atoms with Gasteiger partial charge in [-0.15, -0.1) is 0 Å². The topological polar surface area (TPSA) is 436 Å². The van der Waals surface area contributed by atoms with E-state index in [-0.39, 0.29) is 0 Å². The van der Waals surface area contributed by atoms with E-state index >= 15 is 0 Å². The second-order valence-corrected chi connectivity index (χ2v) is 15.5. The third-order valence-corrected chi connectivity index (χ3v) is 11.5. The van der Waals surface area contributed by atoms with Gasteiger partial charge in [-0.25, -0.2) is 28.8 Å². The molecule has 27 nitrogen and oxygen atoms in total. The van der Waals surface area contributed by atoms with Gasteiger partial charge < -0.3 is 99.2 Å². The Hall–Kier alpha value is -9.11. The molecule has 68 heavy (non-hydrogen) atoms. The molecule has 0 saturated carbocycles. The monoisotopic (exact) mass is 952 g/mol. The molecule has 0 amide bonds. The maximum atomic E-state index is 14.7. The van der Waals surface area contributed by atoms with E-state index in [0.717, 1.165) is 0 Å². The average molecular weight is 953 g/mol. The molecule has 2 fully saturated rings. The van der Waals surface area contributed by atoms with Gasteiger partial charge in [0, 0.05) is 16.7 Å². The van der Waals surface area contributed by atoms with Crippen molar-refractivity contribution in [3.05, 3.63) is 58.1 Å². The molecule has 8 atom stereocenters. The van der Waals surface area contributed by atoms with Crippen molar-refractivity contribution in [1.29, 1.82) is 0 Å². The highest BCUT2D eigenvalue weighted by atomic mass is 16.7. The molecular formula is C41H28O27. The summed E-state index contributed by atoms with van der Waals surface area (Å²) < 4.78 is 44.1. The highest BCUT2D eigenvalue weighted by Crippen LogP contribution is 2.56. The molecular weight excluding hydrogens is 924 g/mol. The number of esters is 7. The highest BCUT2D eigenvalue weighted by molar-refractivity contribution is 6.08. The molecule has 2 saturated heterocycles. The van der Waals surface area contributed by atoms with Crippen molar-refractivity contribution < 1.29 is 133 Å². The zero-order valence-corrected chi connectivity index (χ0v) is 33.3. The first kappa shape index (κ1) is 44.1. The Labute approximate surface area is 373 Å². The van der Waals surface area contributed by atoms with Crippen LogP contribution in [-0.2, 0) is 47.5 Å². The lowest BCUT2D eigenvalue weighted by Gasteiger charge is -2.46. The smallest absolute Gasteiger partial charge is 0.353 e. The number of phenolic OH excluding ortho intramolecular Hbond substituents is 11. The Kier molecular flexibility index (Phi) is 9.88. The molecule has 4 aromatic carbocycles. The second-order valence-electron chi connectivity index (χ2n) is 15.5. The summed E-state index contributed by atoms with van der Waals surface area (Å²) in [5.74, 6) is -29.3. The number of carbonyl (C=O) groups excluding carboxylic acids is 7. The maximum absolute atomic E-state index is 14.7. The van der Waals surface area contributed by atoms with Crippen molar-refractivity contribution in [2.75, 3.05) is 6.61 Å². The minimum Gasteiger partial charge on any atom is -0.504 e. The minimum absolute atomic E-state index is 0.367. The summed E-state index contributed by atoms with van der Waals surface area (Å²) in [6, 6.07) is 2.42. The van der Waals surface area contributed by atoms with Gasteiger partial charge in [-0.3, -0.25) is 4.79 Å². The lowest BCUT2D eigenvalue weighted by atomic mass is 9.71. The van der Waals surface area contributed by atoms with Gasteiger partial charge in [0.1, 0.15) is 12.7 Å². The van der Waals surface area contributed by atoms with Crippen LogP contribution in [0.2, 0.25) is 0 Å². The molecule has 4 aromatic rings. The Bertz CT molecular complexity index is 2970. The van der Waals surface area contributed by atoms with E-state index < -0.39 is 211 Å². The molecule has 4 bridgehead atoms. The number of fused-ring (bicyclic) bond motifs is 3. The molecule has 5 aliphatic heterocycles. The largest absolute Gasteiger partial charge is 0.504 e. The Morgan fingerprint density at radius 2 is 1.12 bits per heavy atom. The number of cyclic esters (lactones) is 1. The Morgan fingerprint density at radius 1 is 0.588 bits per heavy atom. The number of ether oxygens (including phenoxy) is 8. The predicted molar refractivity (Wildman–Crippen MR) is 204 cm³/mol. The molecule has 12 N–H and O–H groups in total. The van der Waals surface area contributed by atoms with Crippen LogP contribution in [0.25, 0.3) is 11.1 Å². The van der Waals surface area contributed by atoms with Crippen molar-refractivity contribution in [1.82, 2.24) is 0 Å². The number of aromatic hydroxyl groups is 11. The minimum atomic E-state index is -3.38. The maximum Gasteiger partial charge on any atom is 0.353 e. The fourth-order valence-electron chi connectivity index (χ4n) is 8.35. The number of hydrogen-bond acceptors (Lipinski definition) is 27. The Morgan fingerprint density at radius 3 is 1.74 bits per heavy atom. The average Bonchev–Trinajstić information content (AvgIpc) is 3.28. The van der Waals surface area contributed by atoms with Gasteiger partial charge in [0.05, 0.1) is 34.6 Å². The lowest BCUT2D eigenvalue weighted by molar-refractivity contribution is -0.290. The van der Waals surface area contributed by atoms with E-state index in [9.17, 15) is 94.8 Å². The van der Waals surface area contributed by atoms with Crippen molar-refractivity contribution in [2.45, 2.75) is 54.7 Å². The third-order valence-electron chi connectivity index (χ3n) is 11.5. The van der Waals surface area contributed by atoms with Gasteiger partial charge in [-0.2, -0.15) is 0 Å². The summed E-state index contributed by atoms with van der Waals surface area (Å²) in [7, 11) is 0. The van der Waals surface area contributed by atoms with Gasteiger partial charge in [0.2, 0.25) is 35.7 Å². The van der Waals surface area contributed by atoms with Crippen LogP contribution in [-0.4, -0.2) is 152 Å². The van der Waals surface area contributed by atoms with E-state index in [1.54, 1.807) is 0 Å². The van der Waals surface area contributed by atoms with Crippen LogP contribution in [0, 0.1) is 0 Å². The van der Waals surface area contributed by atoms with Gasteiger partial charge in [0.25, 0.3) is 0 Å². The number of hydrogen-bond donors (Lipinski definition) is 12. The Balaban J connectivity index is 1.29. The van der Waals surface area contributed by atoms with E-state index in [4.69, 9.17) is 37.9 Å². The number of rotatable bonds is 2. The van der Waals surface area contributed by atoms with Crippen LogP contribution in [0.3, 0.4) is 0 Å². The molecule has 5 aliphatic rings. The lowest BCUT2D eigenvalue weighted by Crippen LogP contribution is -2.65. The number of aliphatic hydroxyl groups is 1. The van der Waals surface area contributed by atoms with E-state index in [0.29, 0.717) is 30.3 Å². The molecule has 0 radical (unpaired) electrons. The first-order valence-corrected chi connectivity index (χ1v) is 19.2. The molecule has 0 aromatic heterocycles. The van der Waals surface area contributed by atoms with Crippen LogP contribution in [0.5, 0.6) is 69.0 Å². The zero-order valence-electron chi connectivity index (χ0n) is 33.3. The molecule has 27 heteroatoms. The van der Waals surface area contributed by atoms with Crippen LogP contribution >= 0.6 is 0 Å². The number of phenols is 11. The van der Waals surface area contributed by atoms with Gasteiger partial charge in [0.15, 0.2) is 69.6 Å². The van der Waals surface area contributed by atoms with Crippen molar-refractivity contribution in [3.8, 4) is 80.1 Å². The van der Waals surface area contributed by atoms with Crippen LogP contribution < -0.4 is 4.74 Å². The highest BCUT2D eigenvalue weighted by Gasteiger charge is 2.65. The standard InChI is InChI=1S/C41H28O27/c42-12-1-8(2-13(43)23(12)48)34(54)68-39-33-32-29(67-40(59)41(60)6-18(47)63-31-22(41)21-11(37(57)66-33)5-16(46)26(51)30(21)64-38(31)58)17(62-39)7-61-35(55)9-3-14(44)24(49)27(52)19(9)20-10(36(56)65-32)4-15(45)25(50)28(20)53/h1-5,17,22,29,31-33,39,42-46,48-53,60H,6-7H2. The van der Waals surface area contributed by atoms with Crippen molar-refractivity contribution in [3.63, 3.8) is 0 Å². The molecule has 0 aliphatic carbocycles. The molecule has 5 heterocycles. The molecule has 354 valence electrons. The fourth-order valence-corrected chi connectivity index (χ4v) is 8.35. The van der Waals surface area contributed by atoms with Crippen LogP contribution in [0.4, 0.5) is 0 Å². The van der Waals surface area contributed by atoms with Crippen LogP contribution in [0.1, 0.15) is 59.3 Å².